The molecule has 3 amide bonds. The fraction of sp³-hybridized carbons (Fsp3) is 0.543. The maximum atomic E-state index is 15.7. The molecule has 1 aliphatic heterocycles. The Kier molecular flexibility index (Phi) is 11.4. The predicted molar refractivity (Wildman–Crippen MR) is 177 cm³/mol. The molecule has 1 aliphatic carbocycles. The van der Waals surface area contributed by atoms with Crippen molar-refractivity contribution in [2.45, 2.75) is 77.8 Å². The molecule has 5 rings (SSSR count). The summed E-state index contributed by atoms with van der Waals surface area (Å²) < 4.78 is 22.4. The zero-order valence-electron chi connectivity index (χ0n) is 28.2. The van der Waals surface area contributed by atoms with Gasteiger partial charge in [-0.15, -0.1) is 0 Å². The molecule has 0 radical (unpaired) electrons. The van der Waals surface area contributed by atoms with E-state index in [1.807, 2.05) is 14.0 Å². The monoisotopic (exact) mass is 663 g/mol. The number of amides is 3. The number of carbonyl (C=O) groups is 4. The number of halogens is 1. The van der Waals surface area contributed by atoms with E-state index in [0.717, 1.165) is 32.1 Å². The van der Waals surface area contributed by atoms with Crippen LogP contribution in [-0.2, 0) is 16.1 Å². The normalized spacial score (nSPS) is 17.8. The van der Waals surface area contributed by atoms with E-state index in [9.17, 15) is 19.2 Å². The van der Waals surface area contributed by atoms with E-state index < -0.39 is 35.5 Å². The molecule has 0 spiro atoms. The Labute approximate surface area is 280 Å². The van der Waals surface area contributed by atoms with Crippen LogP contribution < -0.4 is 10.6 Å². The minimum absolute atomic E-state index is 0.00754. The van der Waals surface area contributed by atoms with Crippen molar-refractivity contribution in [3.8, 4) is 0 Å². The first kappa shape index (κ1) is 34.9. The predicted octanol–water partition coefficient (Wildman–Crippen LogP) is 4.42. The van der Waals surface area contributed by atoms with Crippen molar-refractivity contribution in [2.75, 3.05) is 38.5 Å². The topological polar surface area (TPSA) is 143 Å². The van der Waals surface area contributed by atoms with E-state index in [1.54, 1.807) is 41.8 Å². The molecule has 258 valence electrons. The van der Waals surface area contributed by atoms with E-state index in [-0.39, 0.29) is 35.4 Å². The standard InChI is InChI=1S/C35H46FN7O5/c1-5-43-30(13-14-37-43)31(44)21-26(24-9-7-6-8-10-24)33(45)38-28-12-11-25(20-27(28)36)23(3)32(35(47)42-17-15-41(4)16-18-42)39-34(46)29-19-22(2)48-40-29/h11-14,19-20,23-24,26,32H,5-10,15-18,21H2,1-4H3,(H,38,45)(H,39,46)/t23-,26-,32+/m0/s1. The zero-order valence-corrected chi connectivity index (χ0v) is 28.2. The molecule has 3 heterocycles. The molecular weight excluding hydrogens is 617 g/mol. The van der Waals surface area contributed by atoms with Gasteiger partial charge in [0.1, 0.15) is 23.3 Å². The first-order valence-electron chi connectivity index (χ1n) is 16.9. The van der Waals surface area contributed by atoms with E-state index >= 15 is 4.39 Å². The van der Waals surface area contributed by atoms with E-state index in [0.29, 0.717) is 49.7 Å². The molecule has 3 aromatic rings. The van der Waals surface area contributed by atoms with Crippen molar-refractivity contribution in [1.29, 1.82) is 0 Å². The number of carbonyl (C=O) groups excluding carboxylic acids is 4. The number of likely N-dealkylation sites (N-methyl/N-ethyl adjacent to an activating group) is 1. The van der Waals surface area contributed by atoms with Crippen LogP contribution in [0.25, 0.3) is 0 Å². The van der Waals surface area contributed by atoms with Crippen molar-refractivity contribution in [3.05, 3.63) is 65.1 Å². The lowest BCUT2D eigenvalue weighted by Gasteiger charge is -2.36. The number of rotatable bonds is 12. The highest BCUT2D eigenvalue weighted by Crippen LogP contribution is 2.34. The van der Waals surface area contributed by atoms with Crippen molar-refractivity contribution in [3.63, 3.8) is 0 Å². The quantitative estimate of drug-likeness (QED) is 0.271. The van der Waals surface area contributed by atoms with Gasteiger partial charge in [-0.1, -0.05) is 37.4 Å². The van der Waals surface area contributed by atoms with Crippen LogP contribution in [-0.4, -0.2) is 87.5 Å². The van der Waals surface area contributed by atoms with Crippen LogP contribution in [0.4, 0.5) is 10.1 Å². The van der Waals surface area contributed by atoms with Gasteiger partial charge in [0.05, 0.1) is 5.69 Å². The molecule has 1 saturated carbocycles. The third kappa shape index (κ3) is 8.18. The van der Waals surface area contributed by atoms with Crippen LogP contribution in [0.1, 0.15) is 90.6 Å². The molecule has 2 aromatic heterocycles. The molecule has 1 aromatic carbocycles. The maximum Gasteiger partial charge on any atom is 0.274 e. The van der Waals surface area contributed by atoms with Gasteiger partial charge in [0.2, 0.25) is 11.8 Å². The molecular formula is C35H46FN7O5. The van der Waals surface area contributed by atoms with Crippen LogP contribution >= 0.6 is 0 Å². The fourth-order valence-corrected chi connectivity index (χ4v) is 6.78. The number of ketones is 1. The van der Waals surface area contributed by atoms with Gasteiger partial charge in [-0.2, -0.15) is 5.10 Å². The van der Waals surface area contributed by atoms with Gasteiger partial charge in [-0.25, -0.2) is 4.39 Å². The third-order valence-corrected chi connectivity index (χ3v) is 9.77. The molecule has 48 heavy (non-hydrogen) atoms. The lowest BCUT2D eigenvalue weighted by Crippen LogP contribution is -2.55. The molecule has 13 heteroatoms. The summed E-state index contributed by atoms with van der Waals surface area (Å²) >= 11 is 0. The minimum Gasteiger partial charge on any atom is -0.361 e. The summed E-state index contributed by atoms with van der Waals surface area (Å²) in [6.45, 7) is 8.26. The average molecular weight is 664 g/mol. The number of benzene rings is 1. The smallest absolute Gasteiger partial charge is 0.274 e. The lowest BCUT2D eigenvalue weighted by atomic mass is 9.77. The van der Waals surface area contributed by atoms with E-state index in [2.05, 4.69) is 25.8 Å². The molecule has 0 bridgehead atoms. The molecule has 2 N–H and O–H groups in total. The maximum absolute atomic E-state index is 15.7. The molecule has 1 saturated heterocycles. The van der Waals surface area contributed by atoms with Crippen LogP contribution in [0.15, 0.2) is 41.1 Å². The number of anilines is 1. The molecule has 2 fully saturated rings. The van der Waals surface area contributed by atoms with Gasteiger partial charge < -0.3 is 25.0 Å². The Bertz CT molecular complexity index is 1610. The van der Waals surface area contributed by atoms with Crippen molar-refractivity contribution < 1.29 is 28.1 Å². The van der Waals surface area contributed by atoms with Crippen LogP contribution in [0.3, 0.4) is 0 Å². The summed E-state index contributed by atoms with van der Waals surface area (Å²) in [5.74, 6) is -2.83. The number of hydrogen-bond donors (Lipinski definition) is 2. The SMILES string of the molecule is CCn1nccc1C(=O)C[C@H](C(=O)Nc1ccc([C@H](C)[C@@H](NC(=O)c2cc(C)on2)C(=O)N2CCN(C)CC2)cc1F)C1CCCCC1. The van der Waals surface area contributed by atoms with Crippen molar-refractivity contribution >= 4 is 29.2 Å². The summed E-state index contributed by atoms with van der Waals surface area (Å²) in [4.78, 5) is 57.8. The van der Waals surface area contributed by atoms with Gasteiger partial charge in [0, 0.05) is 63.2 Å². The minimum atomic E-state index is -1.00. The van der Waals surface area contributed by atoms with Gasteiger partial charge in [0.25, 0.3) is 5.91 Å². The van der Waals surface area contributed by atoms with Gasteiger partial charge >= 0.3 is 0 Å². The fourth-order valence-electron chi connectivity index (χ4n) is 6.78. The van der Waals surface area contributed by atoms with Crippen LogP contribution in [0.2, 0.25) is 0 Å². The summed E-state index contributed by atoms with van der Waals surface area (Å²) in [6.07, 6.45) is 6.31. The second-order valence-electron chi connectivity index (χ2n) is 13.1. The third-order valence-electron chi connectivity index (χ3n) is 9.77. The summed E-state index contributed by atoms with van der Waals surface area (Å²) in [7, 11) is 1.98. The summed E-state index contributed by atoms with van der Waals surface area (Å²) in [5, 5.41) is 13.5. The number of aromatic nitrogens is 3. The second-order valence-corrected chi connectivity index (χ2v) is 13.1. The Morgan fingerprint density at radius 2 is 1.77 bits per heavy atom. The van der Waals surface area contributed by atoms with Crippen LogP contribution in [0, 0.1) is 24.6 Å². The Morgan fingerprint density at radius 1 is 1.04 bits per heavy atom. The Hall–Kier alpha value is -4.39. The molecule has 12 nitrogen and oxygen atoms in total. The first-order valence-corrected chi connectivity index (χ1v) is 16.9. The highest BCUT2D eigenvalue weighted by molar-refractivity contribution is 6.00. The number of Topliss-reactive ketones (excluding diaryl/α,β-unsaturated/α-hetero) is 1. The largest absolute Gasteiger partial charge is 0.361 e. The lowest BCUT2D eigenvalue weighted by molar-refractivity contribution is -0.135. The Balaban J connectivity index is 1.34. The van der Waals surface area contributed by atoms with Gasteiger partial charge in [-0.3, -0.25) is 23.9 Å². The van der Waals surface area contributed by atoms with Crippen molar-refractivity contribution in [1.82, 2.24) is 30.1 Å². The van der Waals surface area contributed by atoms with Gasteiger partial charge in [0.15, 0.2) is 11.5 Å². The number of nitrogens with zero attached hydrogens (tertiary/aromatic N) is 5. The number of aryl methyl sites for hydroxylation is 2. The molecule has 3 atom stereocenters. The second kappa shape index (κ2) is 15.7. The zero-order chi connectivity index (χ0) is 34.4. The number of hydrogen-bond acceptors (Lipinski definition) is 8. The van der Waals surface area contributed by atoms with E-state index in [1.165, 1.54) is 18.2 Å². The highest BCUT2D eigenvalue weighted by atomic mass is 19.1. The average Bonchev–Trinajstić information content (AvgIpc) is 3.76. The Morgan fingerprint density at radius 3 is 2.42 bits per heavy atom. The van der Waals surface area contributed by atoms with E-state index in [4.69, 9.17) is 4.52 Å². The highest BCUT2D eigenvalue weighted by Gasteiger charge is 2.35. The molecule has 2 aliphatic rings. The van der Waals surface area contributed by atoms with Crippen molar-refractivity contribution in [2.24, 2.45) is 11.8 Å². The summed E-state index contributed by atoms with van der Waals surface area (Å²) in [6, 6.07) is 6.57. The van der Waals surface area contributed by atoms with Gasteiger partial charge in [-0.05, 0) is 63.4 Å². The first-order chi connectivity index (χ1) is 23.0. The number of piperazine rings is 1. The van der Waals surface area contributed by atoms with Crippen LogP contribution in [0.5, 0.6) is 0 Å². The summed E-state index contributed by atoms with van der Waals surface area (Å²) in [5.41, 5.74) is 0.973. The number of nitrogens with one attached hydrogen (secondary N) is 2. The molecule has 0 unspecified atom stereocenters.